The molecule has 2 aromatic carbocycles. The summed E-state index contributed by atoms with van der Waals surface area (Å²) in [5.41, 5.74) is 0.165. The van der Waals surface area contributed by atoms with E-state index >= 15 is 0 Å². The number of hydrogen-bond acceptors (Lipinski definition) is 4. The van der Waals surface area contributed by atoms with Gasteiger partial charge in [0.2, 0.25) is 0 Å². The van der Waals surface area contributed by atoms with Gasteiger partial charge in [0, 0.05) is 17.0 Å². The number of nitrogens with zero attached hydrogens (tertiary/aromatic N) is 2. The number of hydrazine groups is 1. The van der Waals surface area contributed by atoms with E-state index in [2.05, 4.69) is 0 Å². The summed E-state index contributed by atoms with van der Waals surface area (Å²) >= 11 is 18.3. The smallest absolute Gasteiger partial charge is 0.273 e. The first-order valence-corrected chi connectivity index (χ1v) is 13.7. The minimum atomic E-state index is -1.30. The molecule has 5 aliphatic rings. The van der Waals surface area contributed by atoms with Gasteiger partial charge in [-0.1, -0.05) is 35.4 Å². The monoisotopic (exact) mass is 574 g/mol. The van der Waals surface area contributed by atoms with Crippen molar-refractivity contribution in [3.8, 4) is 0 Å². The van der Waals surface area contributed by atoms with Crippen LogP contribution >= 0.6 is 34.8 Å². The number of imide groups is 1. The highest BCUT2D eigenvalue weighted by molar-refractivity contribution is 6.42. The van der Waals surface area contributed by atoms with Gasteiger partial charge in [-0.2, -0.15) is 5.01 Å². The quantitative estimate of drug-likeness (QED) is 0.191. The lowest BCUT2D eigenvalue weighted by Crippen LogP contribution is -2.57. The first kappa shape index (κ1) is 25.5. The number of amides is 3. The Hall–Kier alpha value is -2.74. The van der Waals surface area contributed by atoms with Gasteiger partial charge in [-0.05, 0) is 79.0 Å². The highest BCUT2D eigenvalue weighted by Gasteiger charge is 2.68. The third kappa shape index (κ3) is 3.90. The van der Waals surface area contributed by atoms with Gasteiger partial charge in [0.05, 0.1) is 21.9 Å². The molecule has 38 heavy (non-hydrogen) atoms. The molecule has 1 heterocycles. The third-order valence-corrected chi connectivity index (χ3v) is 9.30. The zero-order chi connectivity index (χ0) is 26.9. The SMILES string of the molecule is O=C(c1ccc(F)cc1)[C@H](CCCl)N(C(=O)c1ccc(Cl)c(Cl)c1)N1C(=O)[C@@H]2[C@H]3C=C[C@@H]([C@@H]4C[C@@H]34)[C@H]2C1=O. The highest BCUT2D eigenvalue weighted by Crippen LogP contribution is 2.65. The van der Waals surface area contributed by atoms with E-state index in [1.165, 1.54) is 30.3 Å². The first-order valence-electron chi connectivity index (χ1n) is 12.4. The summed E-state index contributed by atoms with van der Waals surface area (Å²) in [6.07, 6.45) is 4.99. The summed E-state index contributed by atoms with van der Waals surface area (Å²) in [5, 5.41) is 2.14. The van der Waals surface area contributed by atoms with Crippen LogP contribution in [0.5, 0.6) is 0 Å². The number of allylic oxidation sites excluding steroid dienone is 2. The molecule has 3 amide bonds. The maximum Gasteiger partial charge on any atom is 0.273 e. The summed E-state index contributed by atoms with van der Waals surface area (Å²) in [7, 11) is 0. The molecule has 1 aliphatic heterocycles. The van der Waals surface area contributed by atoms with E-state index in [4.69, 9.17) is 34.8 Å². The summed E-state index contributed by atoms with van der Waals surface area (Å²) in [6, 6.07) is 7.74. The third-order valence-electron chi connectivity index (χ3n) is 8.34. The maximum atomic E-state index is 14.1. The Labute approximate surface area is 233 Å². The lowest BCUT2D eigenvalue weighted by atomic mass is 9.63. The number of carbonyl (C=O) groups excluding carboxylic acids is 4. The first-order chi connectivity index (χ1) is 18.2. The normalized spacial score (nSPS) is 29.2. The Morgan fingerprint density at radius 3 is 2.05 bits per heavy atom. The van der Waals surface area contributed by atoms with E-state index in [0.717, 1.165) is 28.6 Å². The van der Waals surface area contributed by atoms with Crippen LogP contribution < -0.4 is 0 Å². The standard InChI is InChI=1S/C28H22Cl3FN2O4/c29-10-9-22(25(35)13-1-4-15(32)5-2-13)33(26(36)14-3-8-20(30)21(31)11-14)34-27(37)23-16-6-7-17(19-12-18(16)19)24(23)28(34)38/h1-8,11,16-19,22-24H,9-10,12H2/t16-,17-,18-,19-,22-,23+,24+/m0/s1. The van der Waals surface area contributed by atoms with Crippen molar-refractivity contribution in [2.75, 3.05) is 5.88 Å². The number of Topliss-reactive ketones (excluding diaryl/α,β-unsaturated/α-hetero) is 1. The average molecular weight is 576 g/mol. The molecule has 6 nitrogen and oxygen atoms in total. The molecule has 0 aromatic heterocycles. The van der Waals surface area contributed by atoms with Crippen LogP contribution in [0.4, 0.5) is 4.39 Å². The topological polar surface area (TPSA) is 74.8 Å². The number of halogens is 4. The minimum absolute atomic E-state index is 0.0389. The van der Waals surface area contributed by atoms with E-state index in [-0.39, 0.29) is 45.3 Å². The molecule has 0 N–H and O–H groups in total. The van der Waals surface area contributed by atoms with Crippen LogP contribution in [0, 0.1) is 41.3 Å². The van der Waals surface area contributed by atoms with Crippen LogP contribution in [0.25, 0.3) is 0 Å². The molecule has 3 fully saturated rings. The number of hydrogen-bond donors (Lipinski definition) is 0. The molecule has 10 heteroatoms. The predicted molar refractivity (Wildman–Crippen MR) is 139 cm³/mol. The summed E-state index contributed by atoms with van der Waals surface area (Å²) < 4.78 is 13.6. The number of alkyl halides is 1. The van der Waals surface area contributed by atoms with Crippen LogP contribution in [0.3, 0.4) is 0 Å². The number of ketones is 1. The molecule has 1 saturated heterocycles. The molecule has 0 spiro atoms. The van der Waals surface area contributed by atoms with Crippen LogP contribution in [-0.4, -0.2) is 45.4 Å². The van der Waals surface area contributed by atoms with E-state index in [9.17, 15) is 23.6 Å². The Bertz CT molecular complexity index is 1360. The Morgan fingerprint density at radius 1 is 0.921 bits per heavy atom. The van der Waals surface area contributed by atoms with Gasteiger partial charge in [-0.25, -0.2) is 9.40 Å². The molecule has 196 valence electrons. The van der Waals surface area contributed by atoms with E-state index in [0.29, 0.717) is 11.8 Å². The van der Waals surface area contributed by atoms with Crippen molar-refractivity contribution in [1.82, 2.24) is 10.0 Å². The van der Waals surface area contributed by atoms with Gasteiger partial charge in [-0.15, -0.1) is 11.6 Å². The van der Waals surface area contributed by atoms with Crippen LogP contribution in [0.2, 0.25) is 10.0 Å². The van der Waals surface area contributed by atoms with Gasteiger partial charge in [-0.3, -0.25) is 19.2 Å². The molecular formula is C28H22Cl3FN2O4. The molecule has 4 aliphatic carbocycles. The van der Waals surface area contributed by atoms with Crippen LogP contribution in [0.1, 0.15) is 33.6 Å². The van der Waals surface area contributed by atoms with Crippen LogP contribution in [0.15, 0.2) is 54.6 Å². The zero-order valence-electron chi connectivity index (χ0n) is 19.9. The van der Waals surface area contributed by atoms with Crippen molar-refractivity contribution in [3.63, 3.8) is 0 Å². The lowest BCUT2D eigenvalue weighted by Gasteiger charge is -2.37. The summed E-state index contributed by atoms with van der Waals surface area (Å²) in [4.78, 5) is 55.7. The van der Waals surface area contributed by atoms with Gasteiger partial charge in [0.1, 0.15) is 11.9 Å². The van der Waals surface area contributed by atoms with Crippen molar-refractivity contribution in [2.24, 2.45) is 35.5 Å². The molecule has 7 atom stereocenters. The zero-order valence-corrected chi connectivity index (χ0v) is 22.2. The second kappa shape index (κ2) is 9.47. The maximum absolute atomic E-state index is 14.1. The minimum Gasteiger partial charge on any atom is -0.292 e. The molecule has 2 bridgehead atoms. The predicted octanol–water partition coefficient (Wildman–Crippen LogP) is 5.42. The van der Waals surface area contributed by atoms with Gasteiger partial charge < -0.3 is 0 Å². The van der Waals surface area contributed by atoms with Crippen molar-refractivity contribution >= 4 is 58.3 Å². The molecule has 2 saturated carbocycles. The Kier molecular flexibility index (Phi) is 6.36. The number of carbonyl (C=O) groups is 4. The van der Waals surface area contributed by atoms with Crippen LogP contribution in [-0.2, 0) is 9.59 Å². The Morgan fingerprint density at radius 2 is 1.50 bits per heavy atom. The Balaban J connectivity index is 1.45. The fourth-order valence-corrected chi connectivity index (χ4v) is 7.07. The second-order valence-corrected chi connectivity index (χ2v) is 11.5. The number of benzene rings is 2. The second-order valence-electron chi connectivity index (χ2n) is 10.3. The van der Waals surface area contributed by atoms with Gasteiger partial charge in [0.15, 0.2) is 5.78 Å². The fourth-order valence-electron chi connectivity index (χ4n) is 6.56. The average Bonchev–Trinajstić information content (AvgIpc) is 3.69. The van der Waals surface area contributed by atoms with Gasteiger partial charge in [0.25, 0.3) is 17.7 Å². The molecule has 0 radical (unpaired) electrons. The largest absolute Gasteiger partial charge is 0.292 e. The van der Waals surface area contributed by atoms with E-state index in [1.54, 1.807) is 0 Å². The summed E-state index contributed by atoms with van der Waals surface area (Å²) in [6.45, 7) is 0. The van der Waals surface area contributed by atoms with Gasteiger partial charge >= 0.3 is 0 Å². The molecule has 0 unspecified atom stereocenters. The van der Waals surface area contributed by atoms with Crippen molar-refractivity contribution in [1.29, 1.82) is 0 Å². The number of rotatable bonds is 7. The van der Waals surface area contributed by atoms with Crippen molar-refractivity contribution in [2.45, 2.75) is 18.9 Å². The highest BCUT2D eigenvalue weighted by atomic mass is 35.5. The van der Waals surface area contributed by atoms with Crippen molar-refractivity contribution < 1.29 is 23.6 Å². The molecule has 2 aromatic rings. The van der Waals surface area contributed by atoms with E-state index < -0.39 is 47.2 Å². The molecular weight excluding hydrogens is 554 g/mol. The summed E-state index contributed by atoms with van der Waals surface area (Å²) in [5.74, 6) is -3.48. The molecule has 7 rings (SSSR count). The lowest BCUT2D eigenvalue weighted by molar-refractivity contribution is -0.157. The fraction of sp³-hybridized carbons (Fsp3) is 0.357. The van der Waals surface area contributed by atoms with Crippen molar-refractivity contribution in [3.05, 3.63) is 81.6 Å². The van der Waals surface area contributed by atoms with E-state index in [1.807, 2.05) is 12.2 Å².